The van der Waals surface area contributed by atoms with E-state index in [0.29, 0.717) is 46.4 Å². The molecule has 0 atom stereocenters. The summed E-state index contributed by atoms with van der Waals surface area (Å²) >= 11 is 0. The number of nitrogens with zero attached hydrogens (tertiary/aromatic N) is 7. The van der Waals surface area contributed by atoms with Gasteiger partial charge in [0.1, 0.15) is 17.5 Å². The molecule has 4 rings (SSSR count). The number of benzene rings is 1. The van der Waals surface area contributed by atoms with Gasteiger partial charge in [0.2, 0.25) is 5.95 Å². The second kappa shape index (κ2) is 8.81. The number of ether oxygens (including phenoxy) is 1. The van der Waals surface area contributed by atoms with Gasteiger partial charge in [-0.05, 0) is 36.2 Å². The first kappa shape index (κ1) is 20.9. The lowest BCUT2D eigenvalue weighted by Gasteiger charge is -2.10. The average molecular weight is 426 g/mol. The van der Waals surface area contributed by atoms with E-state index in [-0.39, 0.29) is 5.95 Å². The lowest BCUT2D eigenvalue weighted by molar-refractivity contribution is 0.415. The first-order chi connectivity index (χ1) is 15.5. The molecule has 0 fully saturated rings. The monoisotopic (exact) mass is 426 g/mol. The number of rotatable bonds is 6. The quantitative estimate of drug-likeness (QED) is 0.496. The van der Waals surface area contributed by atoms with Crippen molar-refractivity contribution in [3.63, 3.8) is 0 Å². The second-order valence-corrected chi connectivity index (χ2v) is 7.50. The third-order valence-corrected chi connectivity index (χ3v) is 4.90. The van der Waals surface area contributed by atoms with Crippen LogP contribution in [0.3, 0.4) is 0 Å². The molecular weight excluding hydrogens is 404 g/mol. The van der Waals surface area contributed by atoms with Crippen LogP contribution in [-0.2, 0) is 6.54 Å². The Labute approximate surface area is 185 Å². The summed E-state index contributed by atoms with van der Waals surface area (Å²) in [5.74, 6) is 0.863. The van der Waals surface area contributed by atoms with Crippen LogP contribution < -0.4 is 10.5 Å². The average Bonchev–Trinajstić information content (AvgIpc) is 3.26. The van der Waals surface area contributed by atoms with Crippen molar-refractivity contribution in [3.05, 3.63) is 65.6 Å². The van der Waals surface area contributed by atoms with Gasteiger partial charge in [0, 0.05) is 11.3 Å². The molecule has 0 spiro atoms. The van der Waals surface area contributed by atoms with Crippen LogP contribution in [0.1, 0.15) is 36.7 Å². The summed E-state index contributed by atoms with van der Waals surface area (Å²) in [4.78, 5) is 13.3. The van der Waals surface area contributed by atoms with Crippen molar-refractivity contribution in [3.8, 4) is 34.5 Å². The molecule has 0 bridgehead atoms. The van der Waals surface area contributed by atoms with Gasteiger partial charge in [-0.25, -0.2) is 14.6 Å². The number of nitriles is 1. The van der Waals surface area contributed by atoms with Crippen molar-refractivity contribution in [2.24, 2.45) is 0 Å². The summed E-state index contributed by atoms with van der Waals surface area (Å²) in [6.07, 6.45) is 1.79. The third kappa shape index (κ3) is 4.25. The first-order valence-corrected chi connectivity index (χ1v) is 10.1. The molecule has 0 unspecified atom stereocenters. The van der Waals surface area contributed by atoms with Crippen LogP contribution in [0.5, 0.6) is 5.75 Å². The maximum Gasteiger partial charge on any atom is 0.221 e. The van der Waals surface area contributed by atoms with Gasteiger partial charge in [0.25, 0.3) is 0 Å². The molecule has 160 valence electrons. The number of methoxy groups -OCH3 is 1. The number of nitrogens with two attached hydrogens (primary N) is 1. The molecule has 0 aliphatic rings. The van der Waals surface area contributed by atoms with E-state index in [2.05, 4.69) is 45.2 Å². The molecule has 0 saturated carbocycles. The summed E-state index contributed by atoms with van der Waals surface area (Å²) in [5, 5.41) is 17.8. The van der Waals surface area contributed by atoms with Crippen molar-refractivity contribution in [2.75, 3.05) is 12.8 Å². The zero-order valence-corrected chi connectivity index (χ0v) is 18.0. The van der Waals surface area contributed by atoms with Gasteiger partial charge in [0.15, 0.2) is 0 Å². The van der Waals surface area contributed by atoms with Gasteiger partial charge in [-0.2, -0.15) is 5.26 Å². The predicted molar refractivity (Wildman–Crippen MR) is 120 cm³/mol. The summed E-state index contributed by atoms with van der Waals surface area (Å²) < 4.78 is 7.15. The maximum absolute atomic E-state index is 9.37. The van der Waals surface area contributed by atoms with Crippen molar-refractivity contribution < 1.29 is 4.74 Å². The fraction of sp³-hybridized carbons (Fsp3) is 0.217. The Morgan fingerprint density at radius 1 is 1.06 bits per heavy atom. The van der Waals surface area contributed by atoms with Gasteiger partial charge >= 0.3 is 0 Å². The van der Waals surface area contributed by atoms with Crippen molar-refractivity contribution in [1.29, 1.82) is 5.26 Å². The Morgan fingerprint density at radius 3 is 2.59 bits per heavy atom. The molecule has 0 amide bonds. The van der Waals surface area contributed by atoms with Crippen LogP contribution in [0.2, 0.25) is 0 Å². The summed E-state index contributed by atoms with van der Waals surface area (Å²) in [5.41, 5.74) is 10.6. The van der Waals surface area contributed by atoms with Gasteiger partial charge in [-0.15, -0.1) is 5.10 Å². The van der Waals surface area contributed by atoms with E-state index in [1.807, 2.05) is 24.3 Å². The van der Waals surface area contributed by atoms with E-state index >= 15 is 0 Å². The third-order valence-electron chi connectivity index (χ3n) is 4.90. The summed E-state index contributed by atoms with van der Waals surface area (Å²) in [6, 6.07) is 15.1. The Balaban J connectivity index is 1.67. The minimum absolute atomic E-state index is 0.0859. The Kier molecular flexibility index (Phi) is 5.77. The standard InChI is InChI=1S/C23H22N8O/c1-14(2)18-9-5-7-16(26-18)12-31-13-21(29-30-31)20-10-19(27-23(25)28-20)17-8-4-6-15(11-24)22(17)32-3/h4-10,13-14H,12H2,1-3H3,(H2,25,27,28). The molecule has 9 nitrogen and oxygen atoms in total. The predicted octanol–water partition coefficient (Wildman–Crippen LogP) is 3.43. The number of hydrogen-bond acceptors (Lipinski definition) is 8. The normalized spacial score (nSPS) is 10.8. The largest absolute Gasteiger partial charge is 0.495 e. The number of aromatic nitrogens is 6. The number of para-hydroxylation sites is 1. The van der Waals surface area contributed by atoms with Crippen LogP contribution in [0.4, 0.5) is 5.95 Å². The highest BCUT2D eigenvalue weighted by atomic mass is 16.5. The minimum Gasteiger partial charge on any atom is -0.495 e. The number of nitrogen functional groups attached to an aromatic ring is 1. The van der Waals surface area contributed by atoms with Crippen LogP contribution in [0, 0.1) is 11.3 Å². The highest BCUT2D eigenvalue weighted by Gasteiger charge is 2.16. The Morgan fingerprint density at radius 2 is 1.84 bits per heavy atom. The van der Waals surface area contributed by atoms with E-state index in [0.717, 1.165) is 11.4 Å². The van der Waals surface area contributed by atoms with Crippen molar-refractivity contribution >= 4 is 5.95 Å². The molecule has 0 radical (unpaired) electrons. The lowest BCUT2D eigenvalue weighted by Crippen LogP contribution is -2.04. The van der Waals surface area contributed by atoms with Crippen LogP contribution in [0.15, 0.2) is 48.7 Å². The smallest absolute Gasteiger partial charge is 0.221 e. The zero-order valence-electron chi connectivity index (χ0n) is 18.0. The zero-order chi connectivity index (χ0) is 22.7. The molecule has 3 aromatic heterocycles. The van der Waals surface area contributed by atoms with Gasteiger partial charge < -0.3 is 10.5 Å². The minimum atomic E-state index is 0.0859. The SMILES string of the molecule is COc1c(C#N)cccc1-c1cc(-c2cn(Cc3cccc(C(C)C)n3)nn2)nc(N)n1. The maximum atomic E-state index is 9.37. The fourth-order valence-electron chi connectivity index (χ4n) is 3.35. The first-order valence-electron chi connectivity index (χ1n) is 10.1. The highest BCUT2D eigenvalue weighted by Crippen LogP contribution is 2.33. The molecule has 1 aromatic carbocycles. The Bertz CT molecular complexity index is 1310. The second-order valence-electron chi connectivity index (χ2n) is 7.50. The van der Waals surface area contributed by atoms with E-state index in [1.165, 1.54) is 7.11 Å². The van der Waals surface area contributed by atoms with Gasteiger partial charge in [-0.1, -0.05) is 31.2 Å². The molecule has 0 saturated heterocycles. The van der Waals surface area contributed by atoms with E-state index in [9.17, 15) is 5.26 Å². The summed E-state index contributed by atoms with van der Waals surface area (Å²) in [6.45, 7) is 4.70. The van der Waals surface area contributed by atoms with Crippen LogP contribution in [0.25, 0.3) is 22.6 Å². The lowest BCUT2D eigenvalue weighted by atomic mass is 10.1. The number of pyridine rings is 1. The molecule has 2 N–H and O–H groups in total. The molecule has 32 heavy (non-hydrogen) atoms. The van der Waals surface area contributed by atoms with E-state index < -0.39 is 0 Å². The Hall–Kier alpha value is -4.32. The molecule has 9 heteroatoms. The molecule has 0 aliphatic heterocycles. The number of hydrogen-bond donors (Lipinski definition) is 1. The van der Waals surface area contributed by atoms with Crippen molar-refractivity contribution in [1.82, 2.24) is 29.9 Å². The summed E-state index contributed by atoms with van der Waals surface area (Å²) in [7, 11) is 1.51. The fourth-order valence-corrected chi connectivity index (χ4v) is 3.35. The van der Waals surface area contributed by atoms with Gasteiger partial charge in [0.05, 0.1) is 42.5 Å². The van der Waals surface area contributed by atoms with Crippen molar-refractivity contribution in [2.45, 2.75) is 26.3 Å². The number of anilines is 1. The molecular formula is C23H22N8O. The highest BCUT2D eigenvalue weighted by molar-refractivity contribution is 5.74. The molecule has 0 aliphatic carbocycles. The molecule has 4 aromatic rings. The van der Waals surface area contributed by atoms with E-state index in [1.54, 1.807) is 29.1 Å². The van der Waals surface area contributed by atoms with Gasteiger partial charge in [-0.3, -0.25) is 4.98 Å². The molecule has 3 heterocycles. The topological polar surface area (TPSA) is 128 Å². The van der Waals surface area contributed by atoms with E-state index in [4.69, 9.17) is 10.5 Å². The van der Waals surface area contributed by atoms with Crippen LogP contribution >= 0.6 is 0 Å². The van der Waals surface area contributed by atoms with Crippen LogP contribution in [-0.4, -0.2) is 37.1 Å².